The van der Waals surface area contributed by atoms with Gasteiger partial charge in [0.05, 0.1) is 0 Å². The average Bonchev–Trinajstić information content (AvgIpc) is 2.95. The Hall–Kier alpha value is -2.35. The van der Waals surface area contributed by atoms with E-state index < -0.39 is 0 Å². The Bertz CT molecular complexity index is 828. The van der Waals surface area contributed by atoms with Gasteiger partial charge in [0, 0.05) is 0 Å². The van der Waals surface area contributed by atoms with E-state index in [2.05, 4.69) is 36.4 Å². The summed E-state index contributed by atoms with van der Waals surface area (Å²) in [7, 11) is 0. The molecule has 0 atom stereocenters. The van der Waals surface area contributed by atoms with Gasteiger partial charge in [0.1, 0.15) is 0 Å². The standard InChI is InChI=1S/C21H16O2Se/c22-21(24-15-8-2-1-3-9-15)23-14-20-18-12-6-4-10-16(18)17-11-5-7-13-19(17)20/h1-13,20H,14H2. The van der Waals surface area contributed by atoms with Crippen molar-refractivity contribution >= 4 is 24.3 Å². The van der Waals surface area contributed by atoms with Gasteiger partial charge in [-0.15, -0.1) is 0 Å². The Morgan fingerprint density at radius 1 is 0.792 bits per heavy atom. The summed E-state index contributed by atoms with van der Waals surface area (Å²) in [5, 5.41) is 0. The zero-order valence-corrected chi connectivity index (χ0v) is 14.7. The maximum absolute atomic E-state index is 12.2. The minimum atomic E-state index is -0.293. The van der Waals surface area contributed by atoms with Gasteiger partial charge in [0.25, 0.3) is 0 Å². The van der Waals surface area contributed by atoms with Crippen molar-refractivity contribution in [3.05, 3.63) is 90.0 Å². The van der Waals surface area contributed by atoms with Gasteiger partial charge in [-0.05, 0) is 0 Å². The van der Waals surface area contributed by atoms with Gasteiger partial charge >= 0.3 is 147 Å². The van der Waals surface area contributed by atoms with E-state index in [1.165, 1.54) is 22.3 Å². The molecule has 1 aliphatic carbocycles. The van der Waals surface area contributed by atoms with Crippen LogP contribution in [0.3, 0.4) is 0 Å². The van der Waals surface area contributed by atoms with E-state index in [9.17, 15) is 4.79 Å². The number of ether oxygens (including phenoxy) is 1. The third-order valence-corrected chi connectivity index (χ3v) is 5.94. The number of rotatable bonds is 4. The zero-order valence-electron chi connectivity index (χ0n) is 13.0. The van der Waals surface area contributed by atoms with Crippen molar-refractivity contribution in [1.29, 1.82) is 0 Å². The van der Waals surface area contributed by atoms with E-state index in [1.54, 1.807) is 0 Å². The van der Waals surface area contributed by atoms with Crippen LogP contribution in [0.2, 0.25) is 0 Å². The summed E-state index contributed by atoms with van der Waals surface area (Å²) in [6.07, 6.45) is 0. The minimum absolute atomic E-state index is 0.115. The molecule has 0 spiro atoms. The first kappa shape index (κ1) is 15.2. The summed E-state index contributed by atoms with van der Waals surface area (Å²) in [5.74, 6) is 0.132. The first-order valence-electron chi connectivity index (χ1n) is 7.91. The fourth-order valence-corrected chi connectivity index (χ4v) is 4.49. The molecule has 0 saturated carbocycles. The molecule has 1 aliphatic rings. The van der Waals surface area contributed by atoms with Crippen LogP contribution in [-0.4, -0.2) is 26.4 Å². The molecule has 0 unspecified atom stereocenters. The molecule has 3 aromatic rings. The molecule has 0 radical (unpaired) electrons. The predicted octanol–water partition coefficient (Wildman–Crippen LogP) is 3.97. The van der Waals surface area contributed by atoms with Crippen molar-refractivity contribution in [3.63, 3.8) is 0 Å². The molecule has 0 heterocycles. The van der Waals surface area contributed by atoms with Crippen LogP contribution in [0.15, 0.2) is 78.9 Å². The van der Waals surface area contributed by atoms with Crippen molar-refractivity contribution in [2.45, 2.75) is 5.92 Å². The maximum atomic E-state index is 12.2. The van der Waals surface area contributed by atoms with Crippen molar-refractivity contribution in [1.82, 2.24) is 0 Å². The number of hydrogen-bond donors (Lipinski definition) is 0. The second-order valence-electron chi connectivity index (χ2n) is 5.70. The normalized spacial score (nSPS) is 12.5. The summed E-state index contributed by atoms with van der Waals surface area (Å²) in [5.41, 5.74) is 5.00. The van der Waals surface area contributed by atoms with Crippen molar-refractivity contribution in [3.8, 4) is 11.1 Å². The second-order valence-corrected chi connectivity index (χ2v) is 7.82. The summed E-state index contributed by atoms with van der Waals surface area (Å²) in [6.45, 7) is 0.404. The third kappa shape index (κ3) is 2.89. The van der Waals surface area contributed by atoms with E-state index in [0.29, 0.717) is 6.61 Å². The van der Waals surface area contributed by atoms with Crippen molar-refractivity contribution in [2.24, 2.45) is 0 Å². The molecular formula is C21H16O2Se. The number of benzene rings is 3. The van der Waals surface area contributed by atoms with Gasteiger partial charge in [-0.2, -0.15) is 0 Å². The Balaban J connectivity index is 1.52. The molecule has 2 nitrogen and oxygen atoms in total. The molecule has 4 rings (SSSR count). The molecule has 3 aromatic carbocycles. The number of fused-ring (bicyclic) bond motifs is 3. The van der Waals surface area contributed by atoms with Crippen molar-refractivity contribution < 1.29 is 9.53 Å². The van der Waals surface area contributed by atoms with Crippen LogP contribution in [0.1, 0.15) is 17.0 Å². The van der Waals surface area contributed by atoms with Gasteiger partial charge in [-0.3, -0.25) is 0 Å². The van der Waals surface area contributed by atoms with Gasteiger partial charge in [0.15, 0.2) is 0 Å². The molecule has 0 aromatic heterocycles. The number of hydrogen-bond acceptors (Lipinski definition) is 2. The number of carbonyl (C=O) groups excluding carboxylic acids is 1. The van der Waals surface area contributed by atoms with Gasteiger partial charge < -0.3 is 0 Å². The molecule has 0 amide bonds. The Labute approximate surface area is 147 Å². The molecule has 0 fully saturated rings. The zero-order chi connectivity index (χ0) is 16.4. The van der Waals surface area contributed by atoms with E-state index >= 15 is 0 Å². The topological polar surface area (TPSA) is 26.3 Å². The third-order valence-electron chi connectivity index (χ3n) is 4.27. The first-order chi connectivity index (χ1) is 11.8. The van der Waals surface area contributed by atoms with Crippen LogP contribution in [0.5, 0.6) is 0 Å². The van der Waals surface area contributed by atoms with Gasteiger partial charge in [0.2, 0.25) is 0 Å². The average molecular weight is 379 g/mol. The van der Waals surface area contributed by atoms with Crippen LogP contribution in [0.4, 0.5) is 4.79 Å². The van der Waals surface area contributed by atoms with Crippen LogP contribution in [0, 0.1) is 0 Å². The molecular weight excluding hydrogens is 363 g/mol. The summed E-state index contributed by atoms with van der Waals surface area (Å²) >= 11 is -0.293. The SMILES string of the molecule is O=C(OCC1c2ccccc2-c2ccccc21)[Se]c1ccccc1. The predicted molar refractivity (Wildman–Crippen MR) is 96.9 cm³/mol. The van der Waals surface area contributed by atoms with Gasteiger partial charge in [-0.25, -0.2) is 0 Å². The molecule has 0 N–H and O–H groups in total. The second kappa shape index (κ2) is 6.64. The van der Waals surface area contributed by atoms with Crippen LogP contribution >= 0.6 is 0 Å². The van der Waals surface area contributed by atoms with E-state index in [0.717, 1.165) is 4.46 Å². The first-order valence-corrected chi connectivity index (χ1v) is 9.62. The van der Waals surface area contributed by atoms with Crippen LogP contribution in [-0.2, 0) is 4.74 Å². The molecule has 0 saturated heterocycles. The Kier molecular flexibility index (Phi) is 4.20. The molecule has 24 heavy (non-hydrogen) atoms. The van der Waals surface area contributed by atoms with Gasteiger partial charge in [-0.1, -0.05) is 0 Å². The van der Waals surface area contributed by atoms with Crippen LogP contribution in [0.25, 0.3) is 11.1 Å². The number of carbonyl (C=O) groups is 1. The fourth-order valence-electron chi connectivity index (χ4n) is 3.20. The monoisotopic (exact) mass is 380 g/mol. The van der Waals surface area contributed by atoms with Crippen LogP contribution < -0.4 is 4.46 Å². The summed E-state index contributed by atoms with van der Waals surface area (Å²) in [6, 6.07) is 26.6. The molecule has 3 heteroatoms. The van der Waals surface area contributed by atoms with E-state index in [-0.39, 0.29) is 25.7 Å². The molecule has 118 valence electrons. The van der Waals surface area contributed by atoms with E-state index in [4.69, 9.17) is 4.74 Å². The Morgan fingerprint density at radius 2 is 1.33 bits per heavy atom. The summed E-state index contributed by atoms with van der Waals surface area (Å²) in [4.78, 5) is 12.1. The summed E-state index contributed by atoms with van der Waals surface area (Å²) < 4.78 is 6.68. The Morgan fingerprint density at radius 3 is 1.96 bits per heavy atom. The quantitative estimate of drug-likeness (QED) is 0.642. The fraction of sp³-hybridized carbons (Fsp3) is 0.0952. The molecule has 0 aliphatic heterocycles. The van der Waals surface area contributed by atoms with Crippen molar-refractivity contribution in [2.75, 3.05) is 6.61 Å². The molecule has 0 bridgehead atoms. The van der Waals surface area contributed by atoms with E-state index in [1.807, 2.05) is 42.5 Å².